The minimum atomic E-state index is -0.293. The lowest BCUT2D eigenvalue weighted by Crippen LogP contribution is -2.71. The molecule has 0 N–H and O–H groups in total. The predicted octanol–water partition coefficient (Wildman–Crippen LogP) is 3.80. The van der Waals surface area contributed by atoms with E-state index in [4.69, 9.17) is 4.98 Å². The molecule has 5 nitrogen and oxygen atoms in total. The highest BCUT2D eigenvalue weighted by atomic mass is 32.1. The van der Waals surface area contributed by atoms with Crippen LogP contribution in [0.4, 0.5) is 9.39 Å². The number of benzene rings is 1. The Morgan fingerprint density at radius 2 is 1.89 bits per heavy atom. The minimum Gasteiger partial charge on any atom is -0.362 e. The molecular formula is C19H18FN5S2. The van der Waals surface area contributed by atoms with Crippen molar-refractivity contribution in [3.05, 3.63) is 30.2 Å². The smallest absolute Gasteiger partial charge is 0.152 e. The van der Waals surface area contributed by atoms with Crippen molar-refractivity contribution in [1.29, 1.82) is 0 Å². The number of fused-ring (bicyclic) bond motifs is 2. The molecule has 2 aliphatic rings. The number of likely N-dealkylation sites (tertiary alicyclic amines) is 1. The number of thiophene rings is 1. The number of aryl methyl sites for hydroxylation is 1. The second-order valence-electron chi connectivity index (χ2n) is 8.00. The Morgan fingerprint density at radius 1 is 1.07 bits per heavy atom. The molecule has 4 aromatic rings. The lowest BCUT2D eigenvalue weighted by atomic mass is 9.73. The summed E-state index contributed by atoms with van der Waals surface area (Å²) in [5.41, 5.74) is 1.76. The first kappa shape index (κ1) is 16.0. The van der Waals surface area contributed by atoms with Gasteiger partial charge in [-0.05, 0) is 25.2 Å². The van der Waals surface area contributed by atoms with E-state index >= 15 is 0 Å². The Bertz CT molecular complexity index is 1160. The van der Waals surface area contributed by atoms with Crippen molar-refractivity contribution in [1.82, 2.24) is 19.7 Å². The lowest BCUT2D eigenvalue weighted by molar-refractivity contribution is -0.00202. The third-order valence-electron chi connectivity index (χ3n) is 5.57. The van der Waals surface area contributed by atoms with Gasteiger partial charge in [0.2, 0.25) is 0 Å². The second-order valence-corrected chi connectivity index (χ2v) is 10.0. The van der Waals surface area contributed by atoms with Crippen LogP contribution in [0.1, 0.15) is 0 Å². The third-order valence-corrected chi connectivity index (χ3v) is 7.85. The molecule has 2 fully saturated rings. The Kier molecular flexibility index (Phi) is 3.12. The first-order valence-electron chi connectivity index (χ1n) is 8.95. The van der Waals surface area contributed by atoms with Gasteiger partial charge < -0.3 is 9.80 Å². The van der Waals surface area contributed by atoms with Gasteiger partial charge in [0.15, 0.2) is 5.82 Å². The molecule has 5 heterocycles. The van der Waals surface area contributed by atoms with Gasteiger partial charge in [0, 0.05) is 55.8 Å². The predicted molar refractivity (Wildman–Crippen MR) is 109 cm³/mol. The molecule has 0 radical (unpaired) electrons. The van der Waals surface area contributed by atoms with E-state index in [1.165, 1.54) is 22.8 Å². The maximum Gasteiger partial charge on any atom is 0.152 e. The van der Waals surface area contributed by atoms with Crippen molar-refractivity contribution in [2.45, 2.75) is 0 Å². The van der Waals surface area contributed by atoms with Gasteiger partial charge in [-0.25, -0.2) is 9.37 Å². The highest BCUT2D eigenvalue weighted by Gasteiger charge is 2.50. The Hall–Kier alpha value is -2.03. The first-order chi connectivity index (χ1) is 13.0. The SMILES string of the molecule is CN1CC2(C1)CN(c1cc3sc(-c4cc(F)c5nn(C)cc5c4)nc3s1)C2. The first-order valence-corrected chi connectivity index (χ1v) is 10.6. The van der Waals surface area contributed by atoms with Crippen LogP contribution in [0.5, 0.6) is 0 Å². The van der Waals surface area contributed by atoms with E-state index in [9.17, 15) is 4.39 Å². The molecule has 6 rings (SSSR count). The van der Waals surface area contributed by atoms with Gasteiger partial charge in [0.05, 0.1) is 9.70 Å². The number of nitrogens with zero attached hydrogens (tertiary/aromatic N) is 5. The number of halogens is 1. The summed E-state index contributed by atoms with van der Waals surface area (Å²) in [6, 6.07) is 5.77. The van der Waals surface area contributed by atoms with Gasteiger partial charge in [-0.3, -0.25) is 4.68 Å². The maximum absolute atomic E-state index is 14.4. The van der Waals surface area contributed by atoms with E-state index in [1.54, 1.807) is 33.4 Å². The standard InChI is InChI=1S/C19H18FN5S2/c1-23-7-19(8-23)9-25(10-19)15-5-14-18(27-15)21-17(26-14)11-3-12-6-24(2)22-16(12)13(20)4-11/h3-6H,7-10H2,1-2H3. The van der Waals surface area contributed by atoms with E-state index in [1.807, 2.05) is 19.3 Å². The van der Waals surface area contributed by atoms with Crippen molar-refractivity contribution < 1.29 is 4.39 Å². The van der Waals surface area contributed by atoms with Gasteiger partial charge in [-0.2, -0.15) is 5.10 Å². The van der Waals surface area contributed by atoms with Crippen molar-refractivity contribution in [3.63, 3.8) is 0 Å². The fourth-order valence-corrected chi connectivity index (χ4v) is 6.75. The summed E-state index contributed by atoms with van der Waals surface area (Å²) in [6.07, 6.45) is 1.84. The van der Waals surface area contributed by atoms with Crippen LogP contribution < -0.4 is 4.90 Å². The fraction of sp³-hybridized carbons (Fsp3) is 0.368. The van der Waals surface area contributed by atoms with Crippen LogP contribution >= 0.6 is 22.7 Å². The van der Waals surface area contributed by atoms with Gasteiger partial charge in [-0.1, -0.05) is 11.3 Å². The molecule has 1 spiro atoms. The summed E-state index contributed by atoms with van der Waals surface area (Å²) in [5.74, 6) is -0.293. The average Bonchev–Trinajstić information content (AvgIpc) is 3.21. The number of aromatic nitrogens is 3. The Morgan fingerprint density at radius 3 is 2.63 bits per heavy atom. The van der Waals surface area contributed by atoms with Crippen LogP contribution in [0.25, 0.3) is 31.0 Å². The highest BCUT2D eigenvalue weighted by molar-refractivity contribution is 7.30. The van der Waals surface area contributed by atoms with E-state index in [0.29, 0.717) is 10.9 Å². The van der Waals surface area contributed by atoms with E-state index in [0.717, 1.165) is 33.9 Å². The highest BCUT2D eigenvalue weighted by Crippen LogP contribution is 2.46. The number of thiazole rings is 1. The zero-order valence-electron chi connectivity index (χ0n) is 15.1. The van der Waals surface area contributed by atoms with Crippen molar-refractivity contribution >= 4 is 48.1 Å². The zero-order chi connectivity index (χ0) is 18.3. The van der Waals surface area contributed by atoms with Crippen LogP contribution in [0.2, 0.25) is 0 Å². The molecular weight excluding hydrogens is 381 g/mol. The summed E-state index contributed by atoms with van der Waals surface area (Å²) >= 11 is 3.38. The minimum absolute atomic E-state index is 0.293. The molecule has 0 aliphatic carbocycles. The number of anilines is 1. The van der Waals surface area contributed by atoms with Gasteiger partial charge >= 0.3 is 0 Å². The molecule has 0 atom stereocenters. The third kappa shape index (κ3) is 2.36. The van der Waals surface area contributed by atoms with Crippen molar-refractivity contribution in [2.75, 3.05) is 38.1 Å². The van der Waals surface area contributed by atoms with Crippen LogP contribution in [-0.4, -0.2) is 52.9 Å². The summed E-state index contributed by atoms with van der Waals surface area (Å²) in [6.45, 7) is 4.74. The maximum atomic E-state index is 14.4. The number of rotatable bonds is 2. The molecule has 0 saturated carbocycles. The molecule has 0 amide bonds. The summed E-state index contributed by atoms with van der Waals surface area (Å²) in [4.78, 5) is 10.7. The fourth-order valence-electron chi connectivity index (χ4n) is 4.56. The zero-order valence-corrected chi connectivity index (χ0v) is 16.7. The molecule has 3 aromatic heterocycles. The average molecular weight is 400 g/mol. The van der Waals surface area contributed by atoms with Crippen LogP contribution in [-0.2, 0) is 7.05 Å². The number of hydrogen-bond donors (Lipinski definition) is 0. The molecule has 1 aromatic carbocycles. The topological polar surface area (TPSA) is 37.2 Å². The molecule has 2 aliphatic heterocycles. The number of hydrogen-bond acceptors (Lipinski definition) is 6. The van der Waals surface area contributed by atoms with Crippen LogP contribution in [0.15, 0.2) is 24.4 Å². The van der Waals surface area contributed by atoms with Gasteiger partial charge in [0.1, 0.15) is 15.4 Å². The Balaban J connectivity index is 1.30. The molecule has 0 bridgehead atoms. The van der Waals surface area contributed by atoms with Gasteiger partial charge in [-0.15, -0.1) is 11.3 Å². The van der Waals surface area contributed by atoms with Gasteiger partial charge in [0.25, 0.3) is 0 Å². The van der Waals surface area contributed by atoms with E-state index in [-0.39, 0.29) is 5.82 Å². The van der Waals surface area contributed by atoms with E-state index < -0.39 is 0 Å². The molecule has 138 valence electrons. The summed E-state index contributed by atoms with van der Waals surface area (Å²) in [5, 5.41) is 7.16. The summed E-state index contributed by atoms with van der Waals surface area (Å²) < 4.78 is 17.2. The van der Waals surface area contributed by atoms with Crippen molar-refractivity contribution in [3.8, 4) is 10.6 Å². The molecule has 27 heavy (non-hydrogen) atoms. The normalized spacial score (nSPS) is 19.1. The van der Waals surface area contributed by atoms with E-state index in [2.05, 4.69) is 28.0 Å². The summed E-state index contributed by atoms with van der Waals surface area (Å²) in [7, 11) is 3.99. The van der Waals surface area contributed by atoms with Crippen LogP contribution in [0.3, 0.4) is 0 Å². The molecule has 0 unspecified atom stereocenters. The van der Waals surface area contributed by atoms with Crippen molar-refractivity contribution in [2.24, 2.45) is 12.5 Å². The molecule has 8 heteroatoms. The second kappa shape index (κ2) is 5.27. The monoisotopic (exact) mass is 399 g/mol. The quantitative estimate of drug-likeness (QED) is 0.514. The lowest BCUT2D eigenvalue weighted by Gasteiger charge is -2.60. The van der Waals surface area contributed by atoms with Crippen LogP contribution in [0, 0.1) is 11.2 Å². The largest absolute Gasteiger partial charge is 0.362 e. The molecule has 2 saturated heterocycles. The Labute approximate surface area is 163 Å².